The lowest BCUT2D eigenvalue weighted by Crippen LogP contribution is -2.20. The van der Waals surface area contributed by atoms with E-state index in [-0.39, 0.29) is 5.91 Å². The lowest BCUT2D eigenvalue weighted by atomic mass is 10.6. The van der Waals surface area contributed by atoms with Crippen molar-refractivity contribution in [1.29, 1.82) is 0 Å². The van der Waals surface area contributed by atoms with Crippen molar-refractivity contribution in [1.82, 2.24) is 4.72 Å². The molecule has 1 aliphatic rings. The maximum absolute atomic E-state index is 10.7. The molecule has 1 rings (SSSR count). The monoisotopic (exact) mass is 131 g/mol. The van der Waals surface area contributed by atoms with Crippen molar-refractivity contribution < 1.29 is 9.00 Å². The minimum atomic E-state index is -2.38. The summed E-state index contributed by atoms with van der Waals surface area (Å²) in [4.78, 5) is 10.2. The van der Waals surface area contributed by atoms with Gasteiger partial charge >= 0.3 is 0 Å². The van der Waals surface area contributed by atoms with Gasteiger partial charge in [-0.05, 0) is 5.87 Å². The first-order valence-electron chi connectivity index (χ1n) is 1.97. The van der Waals surface area contributed by atoms with E-state index in [1.54, 1.807) is 0 Å². The van der Waals surface area contributed by atoms with Gasteiger partial charge in [0.2, 0.25) is 0 Å². The van der Waals surface area contributed by atoms with Crippen LogP contribution in [-0.2, 0) is 14.5 Å². The molecule has 1 N–H and O–H groups in total. The molecule has 1 atom stereocenters. The number of carbonyl (C=O) groups is 1. The summed E-state index contributed by atoms with van der Waals surface area (Å²) in [5, 5.41) is 1.27. The van der Waals surface area contributed by atoms with Gasteiger partial charge in [-0.25, -0.2) is 4.21 Å². The summed E-state index contributed by atoms with van der Waals surface area (Å²) < 4.78 is 12.8. The largest absolute Gasteiger partial charge is 0.276 e. The number of hydrogen-bond acceptors (Lipinski definition) is 2. The smallest absolute Gasteiger partial charge is 0.256 e. The van der Waals surface area contributed by atoms with Crippen LogP contribution in [0.2, 0.25) is 0 Å². The van der Waals surface area contributed by atoms with Gasteiger partial charge in [-0.3, -0.25) is 9.52 Å². The van der Waals surface area contributed by atoms with E-state index >= 15 is 0 Å². The van der Waals surface area contributed by atoms with E-state index in [9.17, 15) is 9.00 Å². The van der Waals surface area contributed by atoms with Crippen molar-refractivity contribution in [2.45, 2.75) is 0 Å². The van der Waals surface area contributed by atoms with Crippen LogP contribution in [0.4, 0.5) is 0 Å². The van der Waals surface area contributed by atoms with Crippen LogP contribution in [0.3, 0.4) is 0 Å². The van der Waals surface area contributed by atoms with E-state index in [2.05, 4.69) is 10.6 Å². The molecule has 1 unspecified atom stereocenters. The lowest BCUT2D eigenvalue weighted by Gasteiger charge is -1.92. The number of carbonyl (C=O) groups excluding carboxylic acids is 1. The maximum Gasteiger partial charge on any atom is 0.256 e. The fraction of sp³-hybridized carbons (Fsp3) is 0. The number of amides is 1. The summed E-state index contributed by atoms with van der Waals surface area (Å²) in [5.74, 6) is 2.90. The Balaban J connectivity index is 3.06. The van der Waals surface area contributed by atoms with Crippen LogP contribution >= 0.6 is 0 Å². The average Bonchev–Trinajstić information content (AvgIpc) is 1.82. The quantitative estimate of drug-likeness (QED) is 0.440. The first-order chi connectivity index (χ1) is 3.60. The number of nitrogens with one attached hydrogen (secondary N) is 1. The molecule has 1 heterocycles. The normalized spacial score (nSPS) is 35.2. The van der Waals surface area contributed by atoms with Gasteiger partial charge in [0, 0.05) is 11.5 Å². The van der Waals surface area contributed by atoms with E-state index in [1.807, 2.05) is 0 Å². The van der Waals surface area contributed by atoms with Gasteiger partial charge in [0.1, 0.15) is 0 Å². The summed E-state index contributed by atoms with van der Waals surface area (Å²) in [5.41, 5.74) is 0. The molecule has 0 aliphatic carbocycles. The molecule has 0 saturated carbocycles. The molecule has 0 fully saturated rings. The summed E-state index contributed by atoms with van der Waals surface area (Å²) >= 11 is 0. The van der Waals surface area contributed by atoms with Gasteiger partial charge in [0.15, 0.2) is 0 Å². The van der Waals surface area contributed by atoms with Crippen molar-refractivity contribution in [2.75, 3.05) is 0 Å². The molecule has 0 aromatic carbocycles. The molecular formula is C4H5NO2S. The minimum absolute atomic E-state index is 0.329. The molecule has 4 heteroatoms. The topological polar surface area (TPSA) is 46.2 Å². The summed E-state index contributed by atoms with van der Waals surface area (Å²) in [7, 11) is -2.38. The summed E-state index contributed by atoms with van der Waals surface area (Å²) in [6, 6.07) is 0. The molecule has 0 spiro atoms. The molecule has 0 aromatic heterocycles. The highest BCUT2D eigenvalue weighted by Crippen LogP contribution is 1.94. The van der Waals surface area contributed by atoms with Crippen LogP contribution in [0.25, 0.3) is 0 Å². The molecule has 44 valence electrons. The average molecular weight is 131 g/mol. The molecule has 0 radical (unpaired) electrons. The second-order valence-corrected chi connectivity index (χ2v) is 3.42. The predicted octanol–water partition coefficient (Wildman–Crippen LogP) is -0.739. The Morgan fingerprint density at radius 1 is 1.75 bits per heavy atom. The first-order valence-corrected chi connectivity index (χ1v) is 3.76. The number of rotatable bonds is 0. The van der Waals surface area contributed by atoms with Gasteiger partial charge in [0.05, 0.1) is 9.71 Å². The summed E-state index contributed by atoms with van der Waals surface area (Å²) in [6.45, 7) is 0. The van der Waals surface area contributed by atoms with Crippen molar-refractivity contribution >= 4 is 21.5 Å². The Kier molecular flexibility index (Phi) is 0.907. The molecule has 0 bridgehead atoms. The second-order valence-electron chi connectivity index (χ2n) is 1.50. The zero-order chi connectivity index (χ0) is 6.20. The van der Waals surface area contributed by atoms with E-state index in [4.69, 9.17) is 0 Å². The van der Waals surface area contributed by atoms with Gasteiger partial charge in [-0.2, -0.15) is 0 Å². The molecule has 1 aliphatic heterocycles. The van der Waals surface area contributed by atoms with E-state index in [1.165, 1.54) is 11.5 Å². The van der Waals surface area contributed by atoms with Crippen LogP contribution in [0.1, 0.15) is 0 Å². The zero-order valence-corrected chi connectivity index (χ0v) is 4.90. The Hall–Kier alpha value is -0.770. The van der Waals surface area contributed by atoms with Crippen molar-refractivity contribution in [3.8, 4) is 0 Å². The highest BCUT2D eigenvalue weighted by molar-refractivity contribution is 8.02. The highest BCUT2D eigenvalue weighted by Gasteiger charge is 2.08. The predicted molar refractivity (Wildman–Crippen MR) is 32.5 cm³/mol. The van der Waals surface area contributed by atoms with E-state index in [0.717, 1.165) is 0 Å². The van der Waals surface area contributed by atoms with Crippen LogP contribution in [0, 0.1) is 0 Å². The maximum atomic E-state index is 10.7. The highest BCUT2D eigenvalue weighted by atomic mass is 32.2. The third-order valence-corrected chi connectivity index (χ3v) is 1.84. The Morgan fingerprint density at radius 3 is 2.50 bits per heavy atom. The molecular weight excluding hydrogens is 126 g/mol. The van der Waals surface area contributed by atoms with Gasteiger partial charge in [-0.1, -0.05) is 0 Å². The Morgan fingerprint density at radius 2 is 2.38 bits per heavy atom. The third-order valence-electron chi connectivity index (χ3n) is 0.713. The fourth-order valence-corrected chi connectivity index (χ4v) is 1.23. The standard InChI is InChI=1S/C4H5NO2S/c1-8(7)3-2-4(6)5-8/h2-3H,1H2,(H,5,6,7). The SMILES string of the molecule is C=S1(=O)C=CC(=O)N1. The van der Waals surface area contributed by atoms with Crippen molar-refractivity contribution in [3.63, 3.8) is 0 Å². The molecule has 3 nitrogen and oxygen atoms in total. The fourth-order valence-electron chi connectivity index (χ4n) is 0.410. The Bertz CT molecular complexity index is 237. The van der Waals surface area contributed by atoms with Gasteiger partial charge in [0.25, 0.3) is 5.91 Å². The molecule has 1 amide bonds. The van der Waals surface area contributed by atoms with Crippen LogP contribution in [-0.4, -0.2) is 16.0 Å². The number of hydrogen-bond donors (Lipinski definition) is 1. The molecule has 0 saturated heterocycles. The van der Waals surface area contributed by atoms with Crippen molar-refractivity contribution in [3.05, 3.63) is 11.5 Å². The molecule has 0 aromatic rings. The summed E-state index contributed by atoms with van der Waals surface area (Å²) in [6.07, 6.45) is 1.22. The Labute approximate surface area is 47.5 Å². The third kappa shape index (κ3) is 0.894. The van der Waals surface area contributed by atoms with Crippen LogP contribution in [0.5, 0.6) is 0 Å². The van der Waals surface area contributed by atoms with Gasteiger partial charge < -0.3 is 0 Å². The lowest BCUT2D eigenvalue weighted by molar-refractivity contribution is -0.114. The molecule has 8 heavy (non-hydrogen) atoms. The minimum Gasteiger partial charge on any atom is -0.276 e. The van der Waals surface area contributed by atoms with Crippen LogP contribution in [0.15, 0.2) is 11.5 Å². The zero-order valence-electron chi connectivity index (χ0n) is 4.09. The van der Waals surface area contributed by atoms with Crippen molar-refractivity contribution in [2.24, 2.45) is 0 Å². The van der Waals surface area contributed by atoms with E-state index in [0.29, 0.717) is 0 Å². The van der Waals surface area contributed by atoms with Gasteiger partial charge in [-0.15, -0.1) is 0 Å². The first kappa shape index (κ1) is 5.37. The van der Waals surface area contributed by atoms with E-state index < -0.39 is 9.71 Å². The second kappa shape index (κ2) is 1.35. The van der Waals surface area contributed by atoms with Crippen LogP contribution < -0.4 is 4.72 Å².